The summed E-state index contributed by atoms with van der Waals surface area (Å²) in [4.78, 5) is 4.47. The molecular formula is C14H17N3O. The molecule has 1 fully saturated rings. The fraction of sp³-hybridized carbons (Fsp3) is 0.357. The summed E-state index contributed by atoms with van der Waals surface area (Å²) in [5.41, 5.74) is 7.61. The number of benzene rings is 1. The van der Waals surface area contributed by atoms with Crippen LogP contribution in [-0.2, 0) is 4.74 Å². The van der Waals surface area contributed by atoms with E-state index in [0.717, 1.165) is 43.1 Å². The molecule has 2 aromatic rings. The molecule has 4 nitrogen and oxygen atoms in total. The van der Waals surface area contributed by atoms with Gasteiger partial charge in [0.15, 0.2) is 0 Å². The molecule has 1 aromatic carbocycles. The molecule has 0 radical (unpaired) electrons. The van der Waals surface area contributed by atoms with Crippen molar-refractivity contribution in [3.05, 3.63) is 36.7 Å². The lowest BCUT2D eigenvalue weighted by Crippen LogP contribution is -2.19. The molecule has 18 heavy (non-hydrogen) atoms. The summed E-state index contributed by atoms with van der Waals surface area (Å²) in [6.45, 7) is 1.67. The summed E-state index contributed by atoms with van der Waals surface area (Å²) in [6.07, 6.45) is 6.03. The molecule has 1 aliphatic heterocycles. The van der Waals surface area contributed by atoms with E-state index in [1.807, 2.05) is 30.5 Å². The lowest BCUT2D eigenvalue weighted by molar-refractivity contribution is 0.0700. The predicted molar refractivity (Wildman–Crippen MR) is 71.2 cm³/mol. The Morgan fingerprint density at radius 3 is 2.61 bits per heavy atom. The molecule has 0 bridgehead atoms. The number of rotatable bonds is 2. The number of nitrogen functional groups attached to an aromatic ring is 1. The van der Waals surface area contributed by atoms with Crippen LogP contribution >= 0.6 is 0 Å². The van der Waals surface area contributed by atoms with Crippen molar-refractivity contribution in [3.8, 4) is 11.4 Å². The molecule has 94 valence electrons. The van der Waals surface area contributed by atoms with Crippen LogP contribution in [0, 0.1) is 0 Å². The predicted octanol–water partition coefficient (Wildman–Crippen LogP) is 2.48. The number of hydrogen-bond acceptors (Lipinski definition) is 3. The Bertz CT molecular complexity index is 512. The Hall–Kier alpha value is -1.81. The van der Waals surface area contributed by atoms with Gasteiger partial charge in [0.25, 0.3) is 0 Å². The first-order valence-corrected chi connectivity index (χ1v) is 6.31. The number of ether oxygens (including phenoxy) is 1. The van der Waals surface area contributed by atoms with Crippen molar-refractivity contribution < 1.29 is 4.74 Å². The second-order valence-electron chi connectivity index (χ2n) is 4.62. The molecule has 0 saturated carbocycles. The van der Waals surface area contributed by atoms with E-state index in [0.29, 0.717) is 6.04 Å². The fourth-order valence-corrected chi connectivity index (χ4v) is 2.43. The van der Waals surface area contributed by atoms with Gasteiger partial charge in [0.1, 0.15) is 5.82 Å². The van der Waals surface area contributed by atoms with E-state index < -0.39 is 0 Å². The van der Waals surface area contributed by atoms with Gasteiger partial charge in [-0.15, -0.1) is 0 Å². The van der Waals surface area contributed by atoms with Gasteiger partial charge in [-0.1, -0.05) is 0 Å². The monoisotopic (exact) mass is 243 g/mol. The maximum absolute atomic E-state index is 5.72. The van der Waals surface area contributed by atoms with Crippen molar-refractivity contribution in [1.82, 2.24) is 9.55 Å². The van der Waals surface area contributed by atoms with Crippen molar-refractivity contribution in [2.24, 2.45) is 0 Å². The van der Waals surface area contributed by atoms with Crippen molar-refractivity contribution in [2.45, 2.75) is 18.9 Å². The zero-order valence-corrected chi connectivity index (χ0v) is 10.2. The first kappa shape index (κ1) is 11.3. The van der Waals surface area contributed by atoms with Gasteiger partial charge in [-0.25, -0.2) is 4.98 Å². The Morgan fingerprint density at radius 2 is 1.89 bits per heavy atom. The van der Waals surface area contributed by atoms with E-state index in [1.165, 1.54) is 0 Å². The zero-order chi connectivity index (χ0) is 12.4. The second kappa shape index (κ2) is 4.82. The van der Waals surface area contributed by atoms with Crippen molar-refractivity contribution in [3.63, 3.8) is 0 Å². The van der Waals surface area contributed by atoms with E-state index >= 15 is 0 Å². The summed E-state index contributed by atoms with van der Waals surface area (Å²) >= 11 is 0. The molecule has 4 heteroatoms. The fourth-order valence-electron chi connectivity index (χ4n) is 2.43. The molecule has 0 spiro atoms. The van der Waals surface area contributed by atoms with Crippen LogP contribution in [0.5, 0.6) is 0 Å². The highest BCUT2D eigenvalue weighted by atomic mass is 16.5. The van der Waals surface area contributed by atoms with Crippen LogP contribution < -0.4 is 5.73 Å². The molecular weight excluding hydrogens is 226 g/mol. The Balaban J connectivity index is 1.93. The number of nitrogens with zero attached hydrogens (tertiary/aromatic N) is 2. The van der Waals surface area contributed by atoms with Gasteiger partial charge in [-0.05, 0) is 37.1 Å². The number of anilines is 1. The van der Waals surface area contributed by atoms with E-state index in [9.17, 15) is 0 Å². The normalized spacial score (nSPS) is 16.9. The van der Waals surface area contributed by atoms with E-state index in [2.05, 4.69) is 15.7 Å². The van der Waals surface area contributed by atoms with Crippen LogP contribution in [0.3, 0.4) is 0 Å². The van der Waals surface area contributed by atoms with E-state index in [4.69, 9.17) is 10.5 Å². The highest BCUT2D eigenvalue weighted by Crippen LogP contribution is 2.27. The molecule has 0 atom stereocenters. The third-order valence-electron chi connectivity index (χ3n) is 3.42. The van der Waals surface area contributed by atoms with Gasteiger partial charge < -0.3 is 15.0 Å². The molecule has 0 unspecified atom stereocenters. The lowest BCUT2D eigenvalue weighted by atomic mass is 10.1. The summed E-state index contributed by atoms with van der Waals surface area (Å²) in [6, 6.07) is 8.37. The van der Waals surface area contributed by atoms with Gasteiger partial charge in [-0.2, -0.15) is 0 Å². The number of imidazole rings is 1. The van der Waals surface area contributed by atoms with Gasteiger partial charge in [0.05, 0.1) is 0 Å². The van der Waals surface area contributed by atoms with E-state index in [1.54, 1.807) is 0 Å². The minimum absolute atomic E-state index is 0.494. The minimum Gasteiger partial charge on any atom is -0.399 e. The smallest absolute Gasteiger partial charge is 0.140 e. The average molecular weight is 243 g/mol. The molecule has 2 N–H and O–H groups in total. The third kappa shape index (κ3) is 2.11. The minimum atomic E-state index is 0.494. The van der Waals surface area contributed by atoms with E-state index in [-0.39, 0.29) is 0 Å². The van der Waals surface area contributed by atoms with Gasteiger partial charge in [0, 0.05) is 42.9 Å². The molecule has 0 aliphatic carbocycles. The Kier molecular flexibility index (Phi) is 3.02. The van der Waals surface area contributed by atoms with Crippen LogP contribution in [0.4, 0.5) is 5.69 Å². The summed E-state index contributed by atoms with van der Waals surface area (Å²) in [7, 11) is 0. The van der Waals surface area contributed by atoms with Crippen LogP contribution in [-0.4, -0.2) is 22.8 Å². The first-order chi connectivity index (χ1) is 8.84. The average Bonchev–Trinajstić information content (AvgIpc) is 2.90. The van der Waals surface area contributed by atoms with Crippen molar-refractivity contribution >= 4 is 5.69 Å². The van der Waals surface area contributed by atoms with Gasteiger partial charge in [0.2, 0.25) is 0 Å². The molecule has 1 aromatic heterocycles. The standard InChI is InChI=1S/C14H17N3O/c15-12-3-1-11(2-4-12)14-16-7-8-17(14)13-5-9-18-10-6-13/h1-4,7-8,13H,5-6,9-10,15H2. The van der Waals surface area contributed by atoms with Crippen molar-refractivity contribution in [1.29, 1.82) is 0 Å². The lowest BCUT2D eigenvalue weighted by Gasteiger charge is -2.25. The highest BCUT2D eigenvalue weighted by molar-refractivity contribution is 5.59. The summed E-state index contributed by atoms with van der Waals surface area (Å²) < 4.78 is 7.67. The van der Waals surface area contributed by atoms with Crippen LogP contribution in [0.15, 0.2) is 36.7 Å². The first-order valence-electron chi connectivity index (χ1n) is 6.31. The van der Waals surface area contributed by atoms with Gasteiger partial charge in [-0.3, -0.25) is 0 Å². The molecule has 3 rings (SSSR count). The summed E-state index contributed by atoms with van der Waals surface area (Å²) in [5.74, 6) is 1.02. The second-order valence-corrected chi connectivity index (χ2v) is 4.62. The maximum Gasteiger partial charge on any atom is 0.140 e. The highest BCUT2D eigenvalue weighted by Gasteiger charge is 2.18. The molecule has 1 saturated heterocycles. The SMILES string of the molecule is Nc1ccc(-c2nccn2C2CCOCC2)cc1. The molecule has 2 heterocycles. The Labute approximate surface area is 106 Å². The molecule has 0 amide bonds. The third-order valence-corrected chi connectivity index (χ3v) is 3.42. The van der Waals surface area contributed by atoms with Crippen LogP contribution in [0.25, 0.3) is 11.4 Å². The largest absolute Gasteiger partial charge is 0.399 e. The number of hydrogen-bond donors (Lipinski definition) is 1. The van der Waals surface area contributed by atoms with Crippen LogP contribution in [0.2, 0.25) is 0 Å². The summed E-state index contributed by atoms with van der Waals surface area (Å²) in [5, 5.41) is 0. The zero-order valence-electron chi connectivity index (χ0n) is 10.2. The number of aromatic nitrogens is 2. The molecule has 1 aliphatic rings. The van der Waals surface area contributed by atoms with Gasteiger partial charge >= 0.3 is 0 Å². The van der Waals surface area contributed by atoms with Crippen molar-refractivity contribution in [2.75, 3.05) is 18.9 Å². The number of nitrogens with two attached hydrogens (primary N) is 1. The van der Waals surface area contributed by atoms with Crippen LogP contribution in [0.1, 0.15) is 18.9 Å². The quantitative estimate of drug-likeness (QED) is 0.824. The maximum atomic E-state index is 5.72. The topological polar surface area (TPSA) is 53.1 Å². The Morgan fingerprint density at radius 1 is 1.17 bits per heavy atom.